The lowest BCUT2D eigenvalue weighted by molar-refractivity contribution is 0.483. The lowest BCUT2D eigenvalue weighted by atomic mass is 9.83. The van der Waals surface area contributed by atoms with E-state index in [0.717, 1.165) is 133 Å². The third-order valence-electron chi connectivity index (χ3n) is 16.0. The van der Waals surface area contributed by atoms with Gasteiger partial charge in [0, 0.05) is 54.5 Å². The van der Waals surface area contributed by atoms with Gasteiger partial charge in [-0.3, -0.25) is 0 Å². The van der Waals surface area contributed by atoms with Crippen LogP contribution in [0.25, 0.3) is 143 Å². The van der Waals surface area contributed by atoms with Gasteiger partial charge in [0.05, 0.1) is 34.6 Å². The van der Waals surface area contributed by atoms with E-state index in [0.29, 0.717) is 0 Å². The Bertz CT molecular complexity index is 4740. The highest BCUT2D eigenvalue weighted by Gasteiger charge is 2.21. The maximum atomic E-state index is 6.59. The number of fused-ring (bicyclic) bond motifs is 12. The predicted molar refractivity (Wildman–Crippen MR) is 332 cm³/mol. The van der Waals surface area contributed by atoms with Gasteiger partial charge >= 0.3 is 0 Å². The molecule has 0 radical (unpaired) electrons. The first-order chi connectivity index (χ1) is 39.1. The summed E-state index contributed by atoms with van der Waals surface area (Å²) in [5.74, 6) is 1.52. The van der Waals surface area contributed by atoms with Crippen molar-refractivity contribution in [2.24, 2.45) is 0 Å². The summed E-state index contributed by atoms with van der Waals surface area (Å²) in [6.07, 6.45) is 2.93. The quantitative estimate of drug-likeness (QED) is 0.128. The molecule has 0 fully saturated rings. The molecule has 382 valence electrons. The lowest BCUT2D eigenvalue weighted by Gasteiger charge is -2.22. The zero-order valence-electron chi connectivity index (χ0n) is 44.5. The fraction of sp³-hybridized carbons (Fsp3) is 0.0541. The predicted octanol–water partition coefficient (Wildman–Crippen LogP) is 20.7. The molecular formula is C74H52N2O4. The van der Waals surface area contributed by atoms with Crippen molar-refractivity contribution in [3.05, 3.63) is 256 Å². The van der Waals surface area contributed by atoms with Crippen LogP contribution in [0, 0.1) is 0 Å². The van der Waals surface area contributed by atoms with E-state index in [9.17, 15) is 0 Å². The Labute approximate surface area is 461 Å². The Morgan fingerprint density at radius 1 is 0.325 bits per heavy atom. The molecule has 0 spiro atoms. The number of nitrogens with zero attached hydrogens (tertiary/aromatic N) is 2. The molecule has 4 heterocycles. The summed E-state index contributed by atoms with van der Waals surface area (Å²) in [6, 6.07) is 80.4. The van der Waals surface area contributed by atoms with Crippen molar-refractivity contribution < 1.29 is 18.3 Å². The average Bonchev–Trinajstić information content (AvgIpc) is 4.26. The molecule has 0 N–H and O–H groups in total. The molecule has 0 saturated heterocycles. The highest BCUT2D eigenvalue weighted by Crippen LogP contribution is 2.43. The summed E-state index contributed by atoms with van der Waals surface area (Å²) in [6.45, 7) is 14.4. The van der Waals surface area contributed by atoms with E-state index in [2.05, 4.69) is 243 Å². The van der Waals surface area contributed by atoms with Gasteiger partial charge in [0.2, 0.25) is 0 Å². The molecule has 0 aliphatic heterocycles. The van der Waals surface area contributed by atoms with Crippen LogP contribution in [0.2, 0.25) is 0 Å². The highest BCUT2D eigenvalue weighted by atomic mass is 16.5. The Hall–Kier alpha value is -10.3. The number of rotatable bonds is 10. The number of hydrogen-bond donors (Lipinski definition) is 0. The summed E-state index contributed by atoms with van der Waals surface area (Å²) >= 11 is 0. The maximum Gasteiger partial charge on any atom is 0.135 e. The van der Waals surface area contributed by atoms with Crippen molar-refractivity contribution >= 4 is 87.5 Å². The first kappa shape index (κ1) is 47.0. The second-order valence-electron chi connectivity index (χ2n) is 21.8. The standard InChI is InChI=1S/C74H52N2O4/c1-6-77-56-16-12-14-45(37-56)47-22-28-68-60(39-47)58-18-8-10-20-66(58)75(68)54-26-32-72-64(43-54)62-41-49(24-30-70(62)79-72)51-34-52(36-53(35-51)74(3,4)5)50-25-31-71-63(42-50)65-44-55(27-33-73(65)80-71)76-67-21-11-9-19-59(67)61-40-48(23-29-69(61)76)46-15-13-17-57(38-46)78-7-2/h6-44H,1-2H2,3-5H3. The topological polar surface area (TPSA) is 54.6 Å². The van der Waals surface area contributed by atoms with Crippen molar-refractivity contribution in [1.29, 1.82) is 0 Å². The molecule has 0 atom stereocenters. The van der Waals surface area contributed by atoms with Crippen molar-refractivity contribution in [1.82, 2.24) is 9.13 Å². The summed E-state index contributed by atoms with van der Waals surface area (Å²) in [7, 11) is 0. The summed E-state index contributed by atoms with van der Waals surface area (Å²) < 4.78 is 29.2. The fourth-order valence-electron chi connectivity index (χ4n) is 12.1. The van der Waals surface area contributed by atoms with Crippen LogP contribution in [0.4, 0.5) is 0 Å². The Morgan fingerprint density at radius 3 is 1.15 bits per heavy atom. The number of aromatic nitrogens is 2. The molecule has 0 saturated carbocycles. The van der Waals surface area contributed by atoms with Crippen LogP contribution in [-0.4, -0.2) is 9.13 Å². The number of ether oxygens (including phenoxy) is 2. The second kappa shape index (κ2) is 18.2. The van der Waals surface area contributed by atoms with Crippen LogP contribution in [0.1, 0.15) is 26.3 Å². The largest absolute Gasteiger partial charge is 0.466 e. The minimum atomic E-state index is -0.118. The minimum Gasteiger partial charge on any atom is -0.466 e. The zero-order chi connectivity index (χ0) is 53.8. The molecule has 0 bridgehead atoms. The van der Waals surface area contributed by atoms with E-state index < -0.39 is 0 Å². The number of benzene rings is 11. The Balaban J connectivity index is 0.818. The molecule has 0 amide bonds. The third kappa shape index (κ3) is 7.71. The molecule has 80 heavy (non-hydrogen) atoms. The first-order valence-electron chi connectivity index (χ1n) is 27.1. The average molecular weight is 1030 g/mol. The minimum absolute atomic E-state index is 0.118. The van der Waals surface area contributed by atoms with Crippen LogP contribution in [0.15, 0.2) is 259 Å². The summed E-state index contributed by atoms with van der Waals surface area (Å²) in [5.41, 5.74) is 20.2. The van der Waals surface area contributed by atoms with Crippen molar-refractivity contribution in [3.8, 4) is 67.4 Å². The van der Waals surface area contributed by atoms with Crippen molar-refractivity contribution in [2.45, 2.75) is 26.2 Å². The van der Waals surface area contributed by atoms with Gasteiger partial charge in [-0.25, -0.2) is 0 Å². The first-order valence-corrected chi connectivity index (χ1v) is 27.1. The van der Waals surface area contributed by atoms with E-state index in [1.54, 1.807) is 0 Å². The van der Waals surface area contributed by atoms with Crippen LogP contribution >= 0.6 is 0 Å². The van der Waals surface area contributed by atoms with Crippen molar-refractivity contribution in [3.63, 3.8) is 0 Å². The van der Waals surface area contributed by atoms with E-state index >= 15 is 0 Å². The smallest absolute Gasteiger partial charge is 0.135 e. The van der Waals surface area contributed by atoms with E-state index in [1.807, 2.05) is 24.3 Å². The van der Waals surface area contributed by atoms with Crippen LogP contribution in [0.5, 0.6) is 11.5 Å². The van der Waals surface area contributed by atoms with Crippen LogP contribution in [0.3, 0.4) is 0 Å². The molecular weight excluding hydrogens is 981 g/mol. The fourth-order valence-corrected chi connectivity index (χ4v) is 12.1. The molecule has 0 aliphatic carbocycles. The van der Waals surface area contributed by atoms with E-state index in [-0.39, 0.29) is 5.41 Å². The number of hydrogen-bond acceptors (Lipinski definition) is 4. The molecule has 6 heteroatoms. The van der Waals surface area contributed by atoms with Crippen LogP contribution < -0.4 is 9.47 Å². The Morgan fingerprint density at radius 2 is 0.700 bits per heavy atom. The van der Waals surface area contributed by atoms with Gasteiger partial charge in [-0.1, -0.05) is 131 Å². The summed E-state index contributed by atoms with van der Waals surface area (Å²) in [5, 5.41) is 9.01. The van der Waals surface area contributed by atoms with Gasteiger partial charge in [-0.15, -0.1) is 0 Å². The third-order valence-corrected chi connectivity index (χ3v) is 16.0. The van der Waals surface area contributed by atoms with Gasteiger partial charge in [0.25, 0.3) is 0 Å². The molecule has 15 rings (SSSR count). The molecule has 15 aromatic rings. The monoisotopic (exact) mass is 1030 g/mol. The van der Waals surface area contributed by atoms with Gasteiger partial charge in [-0.05, 0) is 183 Å². The molecule has 0 unspecified atom stereocenters. The normalized spacial score (nSPS) is 12.0. The van der Waals surface area contributed by atoms with Gasteiger partial charge in [0.1, 0.15) is 33.8 Å². The second-order valence-corrected chi connectivity index (χ2v) is 21.8. The van der Waals surface area contributed by atoms with Crippen molar-refractivity contribution in [2.75, 3.05) is 0 Å². The molecule has 11 aromatic carbocycles. The Kier molecular flexibility index (Phi) is 10.7. The summed E-state index contributed by atoms with van der Waals surface area (Å²) in [4.78, 5) is 0. The van der Waals surface area contributed by atoms with Crippen LogP contribution in [-0.2, 0) is 5.41 Å². The number of furan rings is 2. The maximum absolute atomic E-state index is 6.59. The van der Waals surface area contributed by atoms with Gasteiger partial charge < -0.3 is 27.4 Å². The molecule has 4 aromatic heterocycles. The van der Waals surface area contributed by atoms with Gasteiger partial charge in [0.15, 0.2) is 0 Å². The lowest BCUT2D eigenvalue weighted by Crippen LogP contribution is -2.11. The van der Waals surface area contributed by atoms with Gasteiger partial charge in [-0.2, -0.15) is 0 Å². The highest BCUT2D eigenvalue weighted by molar-refractivity contribution is 6.14. The SMILES string of the molecule is C=COc1cccc(-c2ccc3c(c2)c2ccccc2n3-c2ccc3oc4ccc(-c5cc(-c6ccc7oc8ccc(-n9c%10ccccc%10c%10cc(-c%11cccc(OC=C)c%11)ccc%109)cc8c7c6)cc(C(C)(C)C)c5)cc4c3c2)c1. The molecule has 0 aliphatic rings. The zero-order valence-corrected chi connectivity index (χ0v) is 44.5. The van der Waals surface area contributed by atoms with E-state index in [1.165, 1.54) is 39.6 Å². The van der Waals surface area contributed by atoms with E-state index in [4.69, 9.17) is 18.3 Å². The number of para-hydroxylation sites is 2. The molecule has 6 nitrogen and oxygen atoms in total.